The van der Waals surface area contributed by atoms with Gasteiger partial charge in [0.25, 0.3) is 17.9 Å². The number of nitrogens with one attached hydrogen (secondary N) is 1. The molecule has 1 aliphatic carbocycles. The van der Waals surface area contributed by atoms with Gasteiger partial charge in [-0.2, -0.15) is 0 Å². The summed E-state index contributed by atoms with van der Waals surface area (Å²) in [5.41, 5.74) is 0.898. The lowest BCUT2D eigenvalue weighted by atomic mass is 10.3. The fourth-order valence-electron chi connectivity index (χ4n) is 2.49. The van der Waals surface area contributed by atoms with Crippen LogP contribution in [0.5, 0.6) is 0 Å². The minimum atomic E-state index is -0.588. The summed E-state index contributed by atoms with van der Waals surface area (Å²) in [6.45, 7) is -0.250. The summed E-state index contributed by atoms with van der Waals surface area (Å²) < 4.78 is 2.05. The minimum Gasteiger partial charge on any atom is -0.483 e. The van der Waals surface area contributed by atoms with Crippen molar-refractivity contribution in [3.05, 3.63) is 50.1 Å². The molecule has 0 radical (unpaired) electrons. The van der Waals surface area contributed by atoms with Crippen molar-refractivity contribution in [3.8, 4) is 0 Å². The third-order valence-electron chi connectivity index (χ3n) is 3.80. The van der Waals surface area contributed by atoms with Gasteiger partial charge in [-0.05, 0) is 24.8 Å². The summed E-state index contributed by atoms with van der Waals surface area (Å²) in [6, 6.07) is 1.12. The molecule has 10 nitrogen and oxygen atoms in total. The van der Waals surface area contributed by atoms with Crippen molar-refractivity contribution in [2.24, 2.45) is 14.1 Å². The van der Waals surface area contributed by atoms with Crippen molar-refractivity contribution in [3.63, 3.8) is 0 Å². The van der Waals surface area contributed by atoms with E-state index in [-0.39, 0.29) is 18.1 Å². The van der Waals surface area contributed by atoms with Gasteiger partial charge >= 0.3 is 5.69 Å². The van der Waals surface area contributed by atoms with Gasteiger partial charge in [0.15, 0.2) is 0 Å². The van der Waals surface area contributed by atoms with Crippen LogP contribution in [0, 0.1) is 0 Å². The topological polar surface area (TPSA) is 136 Å². The Morgan fingerprint density at radius 3 is 2.64 bits per heavy atom. The Hall–Kier alpha value is -3.30. The molecule has 0 aromatic carbocycles. The smallest absolute Gasteiger partial charge is 0.331 e. The van der Waals surface area contributed by atoms with Gasteiger partial charge in [-0.15, -0.1) is 0 Å². The van der Waals surface area contributed by atoms with Crippen molar-refractivity contribution in [1.29, 1.82) is 0 Å². The summed E-state index contributed by atoms with van der Waals surface area (Å²) in [6.07, 6.45) is 4.55. The molecule has 2 aromatic rings. The molecule has 0 saturated carbocycles. The summed E-state index contributed by atoms with van der Waals surface area (Å²) in [5.74, 6) is -0.408. The molecule has 1 amide bonds. The lowest BCUT2D eigenvalue weighted by molar-refractivity contribution is -0.122. The van der Waals surface area contributed by atoms with Gasteiger partial charge in [-0.1, -0.05) is 0 Å². The predicted molar refractivity (Wildman–Crippen MR) is 87.6 cm³/mol. The molecule has 2 aromatic heterocycles. The van der Waals surface area contributed by atoms with E-state index in [1.807, 2.05) is 0 Å². The summed E-state index contributed by atoms with van der Waals surface area (Å²) in [4.78, 5) is 52.5. The van der Waals surface area contributed by atoms with Crippen LogP contribution in [0.1, 0.15) is 28.2 Å². The zero-order valence-electron chi connectivity index (χ0n) is 13.7. The monoisotopic (exact) mass is 347 g/mol. The van der Waals surface area contributed by atoms with Crippen LogP contribution >= 0.6 is 0 Å². The number of rotatable bonds is 2. The molecule has 132 valence electrons. The highest BCUT2D eigenvalue weighted by atomic mass is 16.3. The van der Waals surface area contributed by atoms with Gasteiger partial charge in [-0.25, -0.2) is 14.8 Å². The molecular formula is C15H17N5O5. The van der Waals surface area contributed by atoms with E-state index < -0.39 is 17.2 Å². The first-order valence-corrected chi connectivity index (χ1v) is 7.40. The van der Waals surface area contributed by atoms with Crippen LogP contribution in [0.4, 0.5) is 5.95 Å². The van der Waals surface area contributed by atoms with Crippen LogP contribution in [-0.2, 0) is 31.7 Å². The first-order valence-electron chi connectivity index (χ1n) is 7.40. The first kappa shape index (κ1) is 18.0. The molecule has 3 rings (SSSR count). The van der Waals surface area contributed by atoms with Crippen molar-refractivity contribution in [1.82, 2.24) is 19.1 Å². The number of hydrogen-bond donors (Lipinski definition) is 2. The Labute approximate surface area is 141 Å². The number of aryl methyl sites for hydroxylation is 2. The van der Waals surface area contributed by atoms with E-state index in [0.717, 1.165) is 45.7 Å². The number of carbonyl (C=O) groups is 2. The van der Waals surface area contributed by atoms with Gasteiger partial charge in [-0.3, -0.25) is 28.8 Å². The van der Waals surface area contributed by atoms with Crippen LogP contribution in [0.15, 0.2) is 21.9 Å². The molecule has 2 heterocycles. The van der Waals surface area contributed by atoms with Crippen LogP contribution < -0.4 is 16.6 Å². The van der Waals surface area contributed by atoms with E-state index in [2.05, 4.69) is 15.3 Å². The van der Waals surface area contributed by atoms with E-state index in [1.54, 1.807) is 6.20 Å². The highest BCUT2D eigenvalue weighted by Gasteiger charge is 2.17. The second-order valence-electron chi connectivity index (χ2n) is 5.35. The molecule has 25 heavy (non-hydrogen) atoms. The number of carbonyl (C=O) groups excluding carboxylic acids is 1. The van der Waals surface area contributed by atoms with Crippen molar-refractivity contribution < 1.29 is 14.7 Å². The Balaban J connectivity index is 0.000000701. The van der Waals surface area contributed by atoms with Gasteiger partial charge in [0.05, 0.1) is 0 Å². The van der Waals surface area contributed by atoms with E-state index in [0.29, 0.717) is 0 Å². The molecule has 2 N–H and O–H groups in total. The Morgan fingerprint density at radius 2 is 1.96 bits per heavy atom. The molecule has 0 unspecified atom stereocenters. The van der Waals surface area contributed by atoms with E-state index in [4.69, 9.17) is 9.90 Å². The zero-order chi connectivity index (χ0) is 18.6. The van der Waals surface area contributed by atoms with Gasteiger partial charge in [0.1, 0.15) is 5.69 Å². The average molecular weight is 347 g/mol. The maximum absolute atomic E-state index is 12.3. The highest BCUT2D eigenvalue weighted by Crippen LogP contribution is 2.19. The Kier molecular flexibility index (Phi) is 5.42. The Bertz CT molecular complexity index is 931. The van der Waals surface area contributed by atoms with Crippen LogP contribution in [0.3, 0.4) is 0 Å². The maximum atomic E-state index is 12.3. The number of fused-ring (bicyclic) bond motifs is 1. The third kappa shape index (κ3) is 3.79. The van der Waals surface area contributed by atoms with Gasteiger partial charge in [0, 0.05) is 32.1 Å². The highest BCUT2D eigenvalue weighted by molar-refractivity contribution is 6.01. The summed E-state index contributed by atoms with van der Waals surface area (Å²) in [7, 11) is 2.79. The van der Waals surface area contributed by atoms with Gasteiger partial charge in [0.2, 0.25) is 5.95 Å². The second kappa shape index (κ2) is 7.51. The summed E-state index contributed by atoms with van der Waals surface area (Å²) >= 11 is 0. The molecule has 1 aliphatic rings. The lowest BCUT2D eigenvalue weighted by Gasteiger charge is -2.09. The van der Waals surface area contributed by atoms with Crippen LogP contribution in [0.2, 0.25) is 0 Å². The predicted octanol–water partition coefficient (Wildman–Crippen LogP) is -0.684. The van der Waals surface area contributed by atoms with Crippen LogP contribution in [-0.4, -0.2) is 36.6 Å². The normalized spacial score (nSPS) is 11.9. The number of amides is 1. The molecule has 10 heteroatoms. The zero-order valence-corrected chi connectivity index (χ0v) is 13.7. The lowest BCUT2D eigenvalue weighted by Crippen LogP contribution is -2.40. The van der Waals surface area contributed by atoms with Crippen LogP contribution in [0.25, 0.3) is 0 Å². The van der Waals surface area contributed by atoms with Crippen molar-refractivity contribution >= 4 is 18.3 Å². The van der Waals surface area contributed by atoms with E-state index >= 15 is 0 Å². The second-order valence-corrected chi connectivity index (χ2v) is 5.35. The average Bonchev–Trinajstić information content (AvgIpc) is 3.04. The number of anilines is 1. The van der Waals surface area contributed by atoms with Crippen molar-refractivity contribution in [2.45, 2.75) is 19.3 Å². The SMILES string of the molecule is Cn1c(C(=O)Nc2ncc3c(n2)CCC3)cc(=O)n(C)c1=O.O=CO. The van der Waals surface area contributed by atoms with E-state index in [1.165, 1.54) is 14.1 Å². The third-order valence-corrected chi connectivity index (χ3v) is 3.80. The van der Waals surface area contributed by atoms with Crippen molar-refractivity contribution in [2.75, 3.05) is 5.32 Å². The molecule has 0 aliphatic heterocycles. The number of hydrogen-bond acceptors (Lipinski definition) is 6. The standard InChI is InChI=1S/C14H15N5O3.CH2O2/c1-18-10(6-11(20)19(2)14(18)22)12(21)17-13-15-7-8-4-3-5-9(8)16-13;2-1-3/h6-7H,3-5H2,1-2H3,(H,15,16,17,21);1H,(H,2,3). The Morgan fingerprint density at radius 1 is 1.28 bits per heavy atom. The summed E-state index contributed by atoms with van der Waals surface area (Å²) in [5, 5.41) is 9.42. The molecular weight excluding hydrogens is 330 g/mol. The number of nitrogens with zero attached hydrogens (tertiary/aromatic N) is 4. The fourth-order valence-corrected chi connectivity index (χ4v) is 2.49. The largest absolute Gasteiger partial charge is 0.483 e. The quantitative estimate of drug-likeness (QED) is 0.687. The first-order chi connectivity index (χ1) is 11.9. The molecule has 0 bridgehead atoms. The molecule has 0 fully saturated rings. The van der Waals surface area contributed by atoms with Gasteiger partial charge < -0.3 is 5.11 Å². The number of aromatic nitrogens is 4. The van der Waals surface area contributed by atoms with E-state index in [9.17, 15) is 14.4 Å². The minimum absolute atomic E-state index is 0.0304. The molecule has 0 atom stereocenters. The number of carboxylic acid groups (broad SMARTS) is 1. The molecule has 0 spiro atoms. The maximum Gasteiger partial charge on any atom is 0.331 e. The molecule has 0 saturated heterocycles. The fraction of sp³-hybridized carbons (Fsp3) is 0.333.